The number of carbonyl (C=O) groups excluding carboxylic acids is 2. The highest BCUT2D eigenvalue weighted by molar-refractivity contribution is 8.04. The van der Waals surface area contributed by atoms with Gasteiger partial charge >= 0.3 is 0 Å². The highest BCUT2D eigenvalue weighted by Crippen LogP contribution is 2.36. The van der Waals surface area contributed by atoms with Crippen molar-refractivity contribution in [3.05, 3.63) is 100 Å². The van der Waals surface area contributed by atoms with E-state index in [1.807, 2.05) is 60.7 Å². The molecule has 0 saturated carbocycles. The van der Waals surface area contributed by atoms with E-state index < -0.39 is 0 Å². The van der Waals surface area contributed by atoms with Gasteiger partial charge in [-0.15, -0.1) is 0 Å². The zero-order valence-corrected chi connectivity index (χ0v) is 19.0. The summed E-state index contributed by atoms with van der Waals surface area (Å²) in [6.45, 7) is 0.301. The third-order valence-corrected chi connectivity index (χ3v) is 6.31. The zero-order chi connectivity index (χ0) is 22.5. The Morgan fingerprint density at radius 3 is 2.41 bits per heavy atom. The average molecular weight is 465 g/mol. The summed E-state index contributed by atoms with van der Waals surface area (Å²) in [6, 6.07) is 24.2. The number of anilines is 1. The Labute approximate surface area is 196 Å². The molecule has 0 bridgehead atoms. The SMILES string of the molecule is COc1cccc(NC2=C(Sc3ccc(Cl)cc3)C(=O)N(CCc3ccccc3)C2=O)c1. The van der Waals surface area contributed by atoms with Gasteiger partial charge in [-0.3, -0.25) is 14.5 Å². The number of thioether (sulfide) groups is 1. The highest BCUT2D eigenvalue weighted by atomic mass is 35.5. The fourth-order valence-electron chi connectivity index (χ4n) is 3.31. The monoisotopic (exact) mass is 464 g/mol. The van der Waals surface area contributed by atoms with Crippen molar-refractivity contribution in [2.45, 2.75) is 11.3 Å². The lowest BCUT2D eigenvalue weighted by atomic mass is 10.1. The van der Waals surface area contributed by atoms with Gasteiger partial charge in [0, 0.05) is 28.2 Å². The molecule has 0 saturated heterocycles. The minimum Gasteiger partial charge on any atom is -0.497 e. The third-order valence-electron chi connectivity index (χ3n) is 4.97. The fourth-order valence-corrected chi connectivity index (χ4v) is 4.38. The number of imide groups is 1. The van der Waals surface area contributed by atoms with Crippen LogP contribution in [0.15, 0.2) is 94.4 Å². The molecule has 162 valence electrons. The van der Waals surface area contributed by atoms with Crippen molar-refractivity contribution in [1.29, 1.82) is 0 Å². The van der Waals surface area contributed by atoms with Gasteiger partial charge in [0.15, 0.2) is 0 Å². The van der Waals surface area contributed by atoms with Crippen LogP contribution in [0, 0.1) is 0 Å². The van der Waals surface area contributed by atoms with Crippen LogP contribution in [-0.2, 0) is 16.0 Å². The van der Waals surface area contributed by atoms with Crippen LogP contribution in [0.5, 0.6) is 5.75 Å². The first-order valence-corrected chi connectivity index (χ1v) is 11.2. The summed E-state index contributed by atoms with van der Waals surface area (Å²) in [5, 5.41) is 3.75. The van der Waals surface area contributed by atoms with Crippen molar-refractivity contribution < 1.29 is 14.3 Å². The van der Waals surface area contributed by atoms with Gasteiger partial charge in [0.2, 0.25) is 0 Å². The molecule has 1 aliphatic rings. The molecule has 0 aromatic heterocycles. The molecule has 0 atom stereocenters. The lowest BCUT2D eigenvalue weighted by Crippen LogP contribution is -2.34. The van der Waals surface area contributed by atoms with E-state index in [1.54, 1.807) is 25.3 Å². The van der Waals surface area contributed by atoms with Crippen molar-refractivity contribution in [2.24, 2.45) is 0 Å². The van der Waals surface area contributed by atoms with Crippen molar-refractivity contribution in [1.82, 2.24) is 4.90 Å². The predicted octanol–water partition coefficient (Wildman–Crippen LogP) is 5.38. The number of hydrogen-bond donors (Lipinski definition) is 1. The van der Waals surface area contributed by atoms with Crippen LogP contribution in [0.2, 0.25) is 5.02 Å². The van der Waals surface area contributed by atoms with E-state index in [1.165, 1.54) is 16.7 Å². The first-order chi connectivity index (χ1) is 15.5. The number of methoxy groups -OCH3 is 1. The molecule has 5 nitrogen and oxygen atoms in total. The smallest absolute Gasteiger partial charge is 0.278 e. The summed E-state index contributed by atoms with van der Waals surface area (Å²) < 4.78 is 5.27. The first kappa shape index (κ1) is 22.0. The lowest BCUT2D eigenvalue weighted by Gasteiger charge is -2.15. The summed E-state index contributed by atoms with van der Waals surface area (Å²) in [6.07, 6.45) is 0.587. The molecule has 0 spiro atoms. The summed E-state index contributed by atoms with van der Waals surface area (Å²) in [5.41, 5.74) is 1.99. The number of hydrogen-bond acceptors (Lipinski definition) is 5. The van der Waals surface area contributed by atoms with Crippen molar-refractivity contribution >= 4 is 40.9 Å². The van der Waals surface area contributed by atoms with Gasteiger partial charge in [-0.25, -0.2) is 0 Å². The second-order valence-corrected chi connectivity index (χ2v) is 8.63. The molecule has 1 heterocycles. The van der Waals surface area contributed by atoms with Gasteiger partial charge in [0.1, 0.15) is 16.4 Å². The van der Waals surface area contributed by atoms with Gasteiger partial charge in [-0.05, 0) is 48.4 Å². The summed E-state index contributed by atoms with van der Waals surface area (Å²) in [7, 11) is 1.58. The Hall–Kier alpha value is -3.22. The van der Waals surface area contributed by atoms with Gasteiger partial charge in [-0.2, -0.15) is 0 Å². The molecule has 3 aromatic carbocycles. The molecule has 0 fully saturated rings. The Morgan fingerprint density at radius 2 is 1.69 bits per heavy atom. The molecule has 3 aromatic rings. The van der Waals surface area contributed by atoms with Gasteiger partial charge < -0.3 is 10.1 Å². The van der Waals surface area contributed by atoms with Crippen LogP contribution < -0.4 is 10.1 Å². The lowest BCUT2D eigenvalue weighted by molar-refractivity contribution is -0.137. The Balaban J connectivity index is 1.62. The van der Waals surface area contributed by atoms with Crippen LogP contribution in [-0.4, -0.2) is 30.4 Å². The maximum Gasteiger partial charge on any atom is 0.278 e. The Morgan fingerprint density at radius 1 is 0.938 bits per heavy atom. The number of nitrogens with one attached hydrogen (secondary N) is 1. The van der Waals surface area contributed by atoms with Crippen molar-refractivity contribution in [3.8, 4) is 5.75 Å². The number of carbonyl (C=O) groups is 2. The Bertz CT molecular complexity index is 1160. The van der Waals surface area contributed by atoms with E-state index in [4.69, 9.17) is 16.3 Å². The minimum atomic E-state index is -0.342. The molecule has 2 amide bonds. The van der Waals surface area contributed by atoms with Gasteiger partial charge in [-0.1, -0.05) is 59.8 Å². The maximum absolute atomic E-state index is 13.3. The van der Waals surface area contributed by atoms with Gasteiger partial charge in [0.05, 0.1) is 7.11 Å². The highest BCUT2D eigenvalue weighted by Gasteiger charge is 2.38. The summed E-state index contributed by atoms with van der Waals surface area (Å²) >= 11 is 7.24. The second kappa shape index (κ2) is 9.94. The predicted molar refractivity (Wildman–Crippen MR) is 128 cm³/mol. The number of ether oxygens (including phenoxy) is 1. The summed E-state index contributed by atoms with van der Waals surface area (Å²) in [4.78, 5) is 29.0. The molecule has 1 N–H and O–H groups in total. The van der Waals surface area contributed by atoms with E-state index in [-0.39, 0.29) is 17.5 Å². The van der Waals surface area contributed by atoms with Crippen LogP contribution in [0.25, 0.3) is 0 Å². The maximum atomic E-state index is 13.3. The number of halogens is 1. The molecule has 7 heteroatoms. The van der Waals surface area contributed by atoms with Crippen molar-refractivity contribution in [2.75, 3.05) is 19.0 Å². The molecular weight excluding hydrogens is 444 g/mol. The molecule has 0 unspecified atom stereocenters. The average Bonchev–Trinajstić information content (AvgIpc) is 3.03. The topological polar surface area (TPSA) is 58.6 Å². The molecule has 0 radical (unpaired) electrons. The van der Waals surface area contributed by atoms with Crippen LogP contribution >= 0.6 is 23.4 Å². The van der Waals surface area contributed by atoms with Crippen molar-refractivity contribution in [3.63, 3.8) is 0 Å². The molecule has 1 aliphatic heterocycles. The van der Waals surface area contributed by atoms with E-state index in [2.05, 4.69) is 5.32 Å². The third kappa shape index (κ3) is 4.98. The fraction of sp³-hybridized carbons (Fsp3) is 0.120. The first-order valence-electron chi connectivity index (χ1n) is 10.0. The number of nitrogens with zero attached hydrogens (tertiary/aromatic N) is 1. The standard InChI is InChI=1S/C25H21ClN2O3S/c1-31-20-9-5-8-19(16-20)27-22-23(32-21-12-10-18(26)11-13-21)25(30)28(24(22)29)15-14-17-6-3-2-4-7-17/h2-13,16,27H,14-15H2,1H3. The zero-order valence-electron chi connectivity index (χ0n) is 17.4. The molecular formula is C25H21ClN2O3S. The van der Waals surface area contributed by atoms with Gasteiger partial charge in [0.25, 0.3) is 11.8 Å². The Kier molecular flexibility index (Phi) is 6.83. The number of benzene rings is 3. The largest absolute Gasteiger partial charge is 0.497 e. The molecule has 4 rings (SSSR count). The van der Waals surface area contributed by atoms with E-state index in [9.17, 15) is 9.59 Å². The normalized spacial score (nSPS) is 13.6. The minimum absolute atomic E-state index is 0.260. The number of amides is 2. The van der Waals surface area contributed by atoms with Crippen LogP contribution in [0.3, 0.4) is 0 Å². The quantitative estimate of drug-likeness (QED) is 0.454. The van der Waals surface area contributed by atoms with Crippen LogP contribution in [0.1, 0.15) is 5.56 Å². The van der Waals surface area contributed by atoms with E-state index in [0.717, 1.165) is 10.5 Å². The summed E-state index contributed by atoms with van der Waals surface area (Å²) in [5.74, 6) is 0.00158. The number of rotatable bonds is 8. The van der Waals surface area contributed by atoms with E-state index >= 15 is 0 Å². The van der Waals surface area contributed by atoms with Crippen LogP contribution in [0.4, 0.5) is 5.69 Å². The van der Waals surface area contributed by atoms with E-state index in [0.29, 0.717) is 34.3 Å². The second-order valence-electron chi connectivity index (χ2n) is 7.11. The molecule has 32 heavy (non-hydrogen) atoms. The molecule has 0 aliphatic carbocycles.